The Balaban J connectivity index is 2.48. The molecule has 0 amide bonds. The van der Waals surface area contributed by atoms with E-state index in [1.807, 2.05) is 24.3 Å². The van der Waals surface area contributed by atoms with Crippen molar-refractivity contribution in [2.75, 3.05) is 7.11 Å². The third-order valence-electron chi connectivity index (χ3n) is 2.68. The van der Waals surface area contributed by atoms with Gasteiger partial charge in [0.1, 0.15) is 0 Å². The number of benzene rings is 2. The molecule has 4 heteroatoms. The minimum atomic E-state index is -1.76. The molecule has 2 aromatic carbocycles. The van der Waals surface area contributed by atoms with E-state index < -0.39 is 7.80 Å². The van der Waals surface area contributed by atoms with Crippen LogP contribution in [0.4, 0.5) is 0 Å². The molecular weight excluding hydrogens is 247 g/mol. The number of hydrogen-bond acceptors (Lipinski definition) is 3. The van der Waals surface area contributed by atoms with Crippen molar-refractivity contribution in [2.24, 2.45) is 0 Å². The largest absolute Gasteiger partial charge is 0.492 e. The number of hydrogen-bond donors (Lipinski definition) is 1. The second kappa shape index (κ2) is 5.76. The van der Waals surface area contributed by atoms with Crippen molar-refractivity contribution in [1.29, 1.82) is 0 Å². The maximum absolute atomic E-state index is 12.6. The van der Waals surface area contributed by atoms with Crippen LogP contribution in [0.2, 0.25) is 0 Å². The zero-order chi connectivity index (χ0) is 13.0. The smallest absolute Gasteiger partial charge is 0.419 e. The number of para-hydroxylation sites is 1. The van der Waals surface area contributed by atoms with Gasteiger partial charge in [-0.25, -0.2) is 0 Å². The van der Waals surface area contributed by atoms with Crippen LogP contribution in [0.15, 0.2) is 48.5 Å². The highest BCUT2D eigenvalue weighted by molar-refractivity contribution is 7.61. The van der Waals surface area contributed by atoms with Crippen molar-refractivity contribution in [3.63, 3.8) is 0 Å². The van der Waals surface area contributed by atoms with E-state index in [0.717, 1.165) is 0 Å². The maximum Gasteiger partial charge on any atom is 0.419 e. The van der Waals surface area contributed by atoms with E-state index in [0.29, 0.717) is 21.9 Å². The summed E-state index contributed by atoms with van der Waals surface area (Å²) in [6, 6.07) is 14.4. The number of methoxy groups -OCH3 is 1. The van der Waals surface area contributed by atoms with Crippen molar-refractivity contribution < 1.29 is 14.4 Å². The fourth-order valence-corrected chi connectivity index (χ4v) is 3.24. The van der Waals surface area contributed by atoms with Crippen LogP contribution >= 0.6 is 7.80 Å². The first-order valence-electron chi connectivity index (χ1n) is 5.57. The van der Waals surface area contributed by atoms with E-state index in [2.05, 4.69) is 0 Å². The summed E-state index contributed by atoms with van der Waals surface area (Å²) >= 11 is 0. The molecule has 0 heterocycles. The molecule has 18 heavy (non-hydrogen) atoms. The van der Waals surface area contributed by atoms with Gasteiger partial charge in [-0.15, -0.1) is 0 Å². The van der Waals surface area contributed by atoms with Gasteiger partial charge in [0, 0.05) is 5.56 Å². The third-order valence-corrected chi connectivity index (χ3v) is 4.37. The second-order valence-electron chi connectivity index (χ2n) is 3.75. The van der Waals surface area contributed by atoms with Crippen LogP contribution in [0.3, 0.4) is 0 Å². The van der Waals surface area contributed by atoms with Gasteiger partial charge >= 0.3 is 7.80 Å². The Bertz CT molecular complexity index is 517. The summed E-state index contributed by atoms with van der Waals surface area (Å²) in [6.45, 7) is -0.119. The summed E-state index contributed by atoms with van der Waals surface area (Å²) in [5.74, 6) is 0.603. The minimum Gasteiger partial charge on any atom is -0.492 e. The van der Waals surface area contributed by atoms with Gasteiger partial charge in [-0.2, -0.15) is 0 Å². The number of ether oxygens (including phenoxy) is 1. The molecule has 2 rings (SSSR count). The molecule has 0 aliphatic rings. The molecule has 92 valence electrons. The topological polar surface area (TPSA) is 46.5 Å². The van der Waals surface area contributed by atoms with Crippen LogP contribution in [-0.2, 0) is 11.2 Å². The molecule has 0 bridgehead atoms. The molecule has 1 unspecified atom stereocenters. The van der Waals surface area contributed by atoms with Crippen molar-refractivity contribution in [3.05, 3.63) is 54.1 Å². The van der Waals surface area contributed by atoms with E-state index in [-0.39, 0.29) is 6.61 Å². The molecule has 0 saturated carbocycles. The summed E-state index contributed by atoms with van der Waals surface area (Å²) in [5.41, 5.74) is 0.685. The van der Waals surface area contributed by atoms with Crippen molar-refractivity contribution in [3.8, 4) is 5.75 Å². The fourth-order valence-electron chi connectivity index (χ4n) is 1.77. The zero-order valence-corrected chi connectivity index (χ0v) is 10.9. The SMILES string of the molecule is COc1ccccc1[P+](=O)c1ccccc1CO. The van der Waals surface area contributed by atoms with Crippen molar-refractivity contribution in [2.45, 2.75) is 6.61 Å². The molecule has 0 spiro atoms. The molecule has 1 N–H and O–H groups in total. The Labute approximate surface area is 107 Å². The zero-order valence-electron chi connectivity index (χ0n) is 10.0. The minimum absolute atomic E-state index is 0.119. The van der Waals surface area contributed by atoms with E-state index in [1.165, 1.54) is 0 Å². The second-order valence-corrected chi connectivity index (χ2v) is 5.31. The summed E-state index contributed by atoms with van der Waals surface area (Å²) in [6.07, 6.45) is 0. The predicted octanol–water partition coefficient (Wildman–Crippen LogP) is 1.97. The number of aliphatic hydroxyl groups is 1. The number of aliphatic hydroxyl groups excluding tert-OH is 1. The Morgan fingerprint density at radius 2 is 1.67 bits per heavy atom. The molecule has 0 aliphatic carbocycles. The predicted molar refractivity (Wildman–Crippen MR) is 72.2 cm³/mol. The highest BCUT2D eigenvalue weighted by Crippen LogP contribution is 2.26. The summed E-state index contributed by atoms with van der Waals surface area (Å²) < 4.78 is 17.8. The Morgan fingerprint density at radius 1 is 1.06 bits per heavy atom. The van der Waals surface area contributed by atoms with Crippen LogP contribution in [-0.4, -0.2) is 12.2 Å². The van der Waals surface area contributed by atoms with Gasteiger partial charge in [0.15, 0.2) is 5.75 Å². The first-order chi connectivity index (χ1) is 8.77. The first kappa shape index (κ1) is 12.7. The first-order valence-corrected chi connectivity index (χ1v) is 6.83. The normalized spacial score (nSPS) is 11.1. The molecule has 0 fully saturated rings. The van der Waals surface area contributed by atoms with Crippen LogP contribution in [0.25, 0.3) is 0 Å². The van der Waals surface area contributed by atoms with Crippen molar-refractivity contribution >= 4 is 18.4 Å². The average Bonchev–Trinajstić information content (AvgIpc) is 2.46. The van der Waals surface area contributed by atoms with Gasteiger partial charge in [0.25, 0.3) is 0 Å². The molecule has 0 saturated heterocycles. The lowest BCUT2D eigenvalue weighted by atomic mass is 10.2. The average molecular weight is 261 g/mol. The highest BCUT2D eigenvalue weighted by atomic mass is 31.1. The molecule has 0 aliphatic heterocycles. The Hall–Kier alpha value is -1.70. The van der Waals surface area contributed by atoms with Crippen LogP contribution in [0, 0.1) is 0 Å². The van der Waals surface area contributed by atoms with Gasteiger partial charge < -0.3 is 9.84 Å². The van der Waals surface area contributed by atoms with Gasteiger partial charge in [-0.05, 0) is 18.2 Å². The Kier molecular flexibility index (Phi) is 4.08. The fraction of sp³-hybridized carbons (Fsp3) is 0.143. The van der Waals surface area contributed by atoms with E-state index >= 15 is 0 Å². The van der Waals surface area contributed by atoms with Gasteiger partial charge in [-0.3, -0.25) is 0 Å². The van der Waals surface area contributed by atoms with Crippen LogP contribution in [0.1, 0.15) is 5.56 Å². The van der Waals surface area contributed by atoms with Gasteiger partial charge in [0.05, 0.1) is 13.7 Å². The Morgan fingerprint density at radius 3 is 2.33 bits per heavy atom. The lowest BCUT2D eigenvalue weighted by Crippen LogP contribution is -2.13. The quantitative estimate of drug-likeness (QED) is 0.856. The standard InChI is InChI=1S/C14H14O3P/c1-17-12-7-3-5-9-14(12)18(16)13-8-4-2-6-11(13)10-15/h2-9,15H,10H2,1H3/q+1. The highest BCUT2D eigenvalue weighted by Gasteiger charge is 2.29. The maximum atomic E-state index is 12.6. The molecule has 0 radical (unpaired) electrons. The van der Waals surface area contributed by atoms with E-state index in [1.54, 1.807) is 31.4 Å². The third kappa shape index (κ3) is 2.42. The van der Waals surface area contributed by atoms with Gasteiger partial charge in [-0.1, -0.05) is 34.9 Å². The van der Waals surface area contributed by atoms with Crippen LogP contribution in [0.5, 0.6) is 5.75 Å². The van der Waals surface area contributed by atoms with Gasteiger partial charge in [0.2, 0.25) is 10.6 Å². The lowest BCUT2D eigenvalue weighted by molar-refractivity contribution is 0.283. The molecule has 1 atom stereocenters. The molecular formula is C14H14O3P+. The lowest BCUT2D eigenvalue weighted by Gasteiger charge is -2.01. The number of rotatable bonds is 4. The summed E-state index contributed by atoms with van der Waals surface area (Å²) in [4.78, 5) is 0. The van der Waals surface area contributed by atoms with E-state index in [9.17, 15) is 9.67 Å². The van der Waals surface area contributed by atoms with Crippen molar-refractivity contribution in [1.82, 2.24) is 0 Å². The molecule has 2 aromatic rings. The van der Waals surface area contributed by atoms with E-state index in [4.69, 9.17) is 4.74 Å². The summed E-state index contributed by atoms with van der Waals surface area (Å²) in [7, 11) is -0.204. The monoisotopic (exact) mass is 261 g/mol. The molecule has 3 nitrogen and oxygen atoms in total. The summed E-state index contributed by atoms with van der Waals surface area (Å²) in [5, 5.41) is 10.6. The van der Waals surface area contributed by atoms with Crippen LogP contribution < -0.4 is 15.3 Å². The molecule has 0 aromatic heterocycles.